The second-order valence-electron chi connectivity index (χ2n) is 20.2. The van der Waals surface area contributed by atoms with Gasteiger partial charge in [0, 0.05) is 29.8 Å². The van der Waals surface area contributed by atoms with Gasteiger partial charge in [-0.05, 0) is 141 Å². The van der Waals surface area contributed by atoms with Crippen molar-refractivity contribution >= 4 is 46.2 Å². The van der Waals surface area contributed by atoms with Gasteiger partial charge >= 0.3 is 12.2 Å². The Morgan fingerprint density at radius 2 is 1.61 bits per heavy atom. The lowest BCUT2D eigenvalue weighted by atomic mass is 9.85. The third kappa shape index (κ3) is 8.20. The standard InChI is InChI=1S/C52H63N7O8/c1-26(2)46(56-51(62)64-6)49(60)59-42-10-8-9-32(42)21-44(59)48-53-24-41(55-48)31-12-14-35-34(19-31)25-66-45-23-36-30(20-38(35)45)13-15-39-37(36)22-40(54-39)43-16-11-27(3)58(43)50(61)47(57-52(63)65-7)33-17-28(4)67-29(5)18-33/h12-15,19-20,23-24,26-29,32-33,42-44,46-47H,8-11,16-18,21-22,25H2,1-7H3,(H,53,55)(H,56,62)(H,57,63)/t27-,28+,29+,32-,42-,43-,44-,46-,47-/m0/s1. The van der Waals surface area contributed by atoms with Gasteiger partial charge in [-0.25, -0.2) is 14.6 Å². The molecule has 1 aromatic heterocycles. The normalized spacial score (nSPS) is 27.1. The van der Waals surface area contributed by atoms with Crippen LogP contribution in [0.1, 0.15) is 109 Å². The molecule has 3 saturated heterocycles. The number of rotatable bonds is 9. The molecule has 10 rings (SSSR count). The van der Waals surface area contributed by atoms with Crippen LogP contribution in [-0.4, -0.2) is 106 Å². The van der Waals surface area contributed by atoms with E-state index in [1.165, 1.54) is 14.2 Å². The summed E-state index contributed by atoms with van der Waals surface area (Å²) < 4.78 is 22.4. The van der Waals surface area contributed by atoms with Crippen LogP contribution < -0.4 is 15.4 Å². The number of imidazole rings is 1. The van der Waals surface area contributed by atoms with Gasteiger partial charge in [-0.1, -0.05) is 38.5 Å². The zero-order valence-corrected chi connectivity index (χ0v) is 39.6. The molecule has 5 aliphatic heterocycles. The number of aromatic nitrogens is 2. The highest BCUT2D eigenvalue weighted by Gasteiger charge is 2.50. The van der Waals surface area contributed by atoms with Crippen LogP contribution in [0.5, 0.6) is 5.75 Å². The minimum absolute atomic E-state index is 0.0116. The molecule has 15 heteroatoms. The molecular formula is C52H63N7O8. The minimum atomic E-state index is -0.726. The highest BCUT2D eigenvalue weighted by atomic mass is 16.5. The summed E-state index contributed by atoms with van der Waals surface area (Å²) in [6.07, 6.45) is 8.13. The van der Waals surface area contributed by atoms with Crippen molar-refractivity contribution in [3.05, 3.63) is 65.6 Å². The van der Waals surface area contributed by atoms with Gasteiger partial charge in [0.05, 0.1) is 56.1 Å². The molecule has 67 heavy (non-hydrogen) atoms. The molecule has 0 unspecified atom stereocenters. The van der Waals surface area contributed by atoms with Crippen molar-refractivity contribution in [3.63, 3.8) is 0 Å². The summed E-state index contributed by atoms with van der Waals surface area (Å²) in [7, 11) is 2.64. The number of hydrogen-bond donors (Lipinski definition) is 3. The van der Waals surface area contributed by atoms with E-state index in [0.29, 0.717) is 31.8 Å². The van der Waals surface area contributed by atoms with E-state index < -0.39 is 24.3 Å². The van der Waals surface area contributed by atoms with Gasteiger partial charge in [0.15, 0.2) is 0 Å². The zero-order chi connectivity index (χ0) is 46.8. The number of aromatic amines is 1. The first-order valence-electron chi connectivity index (χ1n) is 24.3. The van der Waals surface area contributed by atoms with Gasteiger partial charge in [-0.2, -0.15) is 0 Å². The zero-order valence-electron chi connectivity index (χ0n) is 39.6. The number of fused-ring (bicyclic) bond motifs is 7. The molecule has 1 aliphatic carbocycles. The lowest BCUT2D eigenvalue weighted by Crippen LogP contribution is -2.57. The first kappa shape index (κ1) is 44.9. The van der Waals surface area contributed by atoms with Gasteiger partial charge in [0.25, 0.3) is 0 Å². The van der Waals surface area contributed by atoms with Crippen molar-refractivity contribution in [2.75, 3.05) is 14.2 Å². The first-order valence-corrected chi connectivity index (χ1v) is 24.3. The van der Waals surface area contributed by atoms with E-state index in [4.69, 9.17) is 28.9 Å². The van der Waals surface area contributed by atoms with E-state index in [1.807, 2.05) is 43.7 Å². The highest BCUT2D eigenvalue weighted by molar-refractivity contribution is 6.07. The molecule has 0 spiro atoms. The number of likely N-dealkylation sites (tertiary alicyclic amines) is 2. The monoisotopic (exact) mass is 913 g/mol. The van der Waals surface area contributed by atoms with E-state index in [1.54, 1.807) is 0 Å². The van der Waals surface area contributed by atoms with Crippen LogP contribution in [0.4, 0.5) is 15.3 Å². The van der Waals surface area contributed by atoms with Crippen LogP contribution >= 0.6 is 0 Å². The number of hydrogen-bond acceptors (Lipinski definition) is 10. The fourth-order valence-corrected chi connectivity index (χ4v) is 12.4. The molecule has 3 N–H and O–H groups in total. The number of nitrogens with zero attached hydrogens (tertiary/aromatic N) is 4. The maximum Gasteiger partial charge on any atom is 0.407 e. The van der Waals surface area contributed by atoms with Crippen LogP contribution in [0.15, 0.2) is 53.7 Å². The number of aliphatic imine (C=N–C) groups is 1. The lowest BCUT2D eigenvalue weighted by molar-refractivity contribution is -0.139. The van der Waals surface area contributed by atoms with Crippen molar-refractivity contribution in [1.82, 2.24) is 30.4 Å². The number of amides is 4. The second kappa shape index (κ2) is 17.9. The molecule has 354 valence electrons. The van der Waals surface area contributed by atoms with E-state index in [9.17, 15) is 19.2 Å². The van der Waals surface area contributed by atoms with Gasteiger partial charge < -0.3 is 44.4 Å². The predicted octanol–water partition coefficient (Wildman–Crippen LogP) is 8.55. The molecule has 4 aromatic rings. The molecule has 3 aromatic carbocycles. The van der Waals surface area contributed by atoms with Gasteiger partial charge in [0.2, 0.25) is 11.8 Å². The minimum Gasteiger partial charge on any atom is -0.488 e. The molecule has 4 fully saturated rings. The maximum absolute atomic E-state index is 14.6. The molecule has 1 saturated carbocycles. The average molecular weight is 914 g/mol. The van der Waals surface area contributed by atoms with E-state index in [-0.39, 0.29) is 60.0 Å². The summed E-state index contributed by atoms with van der Waals surface area (Å²) in [5, 5.41) is 7.89. The Hall–Kier alpha value is -5.96. The van der Waals surface area contributed by atoms with Crippen LogP contribution in [0, 0.1) is 17.8 Å². The number of nitrogens with one attached hydrogen (secondary N) is 3. The van der Waals surface area contributed by atoms with Crippen LogP contribution in [0.3, 0.4) is 0 Å². The molecule has 15 nitrogen and oxygen atoms in total. The summed E-state index contributed by atoms with van der Waals surface area (Å²) in [5.74, 6) is 1.58. The van der Waals surface area contributed by atoms with E-state index in [2.05, 4.69) is 65.0 Å². The quantitative estimate of drug-likeness (QED) is 0.149. The number of ether oxygens (including phenoxy) is 4. The predicted molar refractivity (Wildman–Crippen MR) is 253 cm³/mol. The third-order valence-electron chi connectivity index (χ3n) is 15.6. The SMILES string of the molecule is COC(=O)N[C@H](C(=O)N1[C@H](c2ncc(-c3ccc4c(c3)COc3cc5c6c(ccc5cc3-4)N=C([C@@H]3CC[C@H](C)N3C(=O)[C@@H](NC(=O)OC)C3C[C@@H](C)O[C@H](C)C3)C6)[nH]2)C[C@@H]2CCC[C@@H]21)C(C)C. The van der Waals surface area contributed by atoms with Gasteiger partial charge in [0.1, 0.15) is 30.3 Å². The summed E-state index contributed by atoms with van der Waals surface area (Å²) in [6.45, 7) is 10.4. The highest BCUT2D eigenvalue weighted by Crippen LogP contribution is 2.49. The number of alkyl carbamates (subject to hydrolysis) is 2. The topological polar surface area (TPSA) is 177 Å². The summed E-state index contributed by atoms with van der Waals surface area (Å²) in [4.78, 5) is 71.4. The van der Waals surface area contributed by atoms with Crippen molar-refractivity contribution in [1.29, 1.82) is 0 Å². The number of carbonyl (C=O) groups excluding carboxylic acids is 4. The smallest absolute Gasteiger partial charge is 0.407 e. The number of H-pyrrole nitrogens is 1. The number of methoxy groups -OCH3 is 2. The molecule has 6 aliphatic rings. The largest absolute Gasteiger partial charge is 0.488 e. The molecular weight excluding hydrogens is 851 g/mol. The third-order valence-corrected chi connectivity index (χ3v) is 15.6. The molecule has 9 atom stereocenters. The van der Waals surface area contributed by atoms with E-state index >= 15 is 0 Å². The fraction of sp³-hybridized carbons (Fsp3) is 0.538. The molecule has 0 bridgehead atoms. The van der Waals surface area contributed by atoms with Crippen molar-refractivity contribution in [2.24, 2.45) is 22.7 Å². The summed E-state index contributed by atoms with van der Waals surface area (Å²) in [5.41, 5.74) is 8.06. The Morgan fingerprint density at radius 3 is 2.37 bits per heavy atom. The second-order valence-corrected chi connectivity index (χ2v) is 20.2. The van der Waals surface area contributed by atoms with Crippen molar-refractivity contribution in [2.45, 2.75) is 147 Å². The van der Waals surface area contributed by atoms with Gasteiger partial charge in [-0.15, -0.1) is 0 Å². The average Bonchev–Trinajstić information content (AvgIpc) is 4.17. The Balaban J connectivity index is 0.878. The summed E-state index contributed by atoms with van der Waals surface area (Å²) in [6, 6.07) is 13.3. The number of benzene rings is 3. The summed E-state index contributed by atoms with van der Waals surface area (Å²) >= 11 is 0. The van der Waals surface area contributed by atoms with Crippen LogP contribution in [0.2, 0.25) is 0 Å². The van der Waals surface area contributed by atoms with Gasteiger partial charge in [-0.3, -0.25) is 14.6 Å². The molecule has 4 amide bonds. The maximum atomic E-state index is 14.6. The first-order chi connectivity index (χ1) is 32.3. The molecule has 0 radical (unpaired) electrons. The van der Waals surface area contributed by atoms with Crippen LogP contribution in [-0.2, 0) is 36.8 Å². The van der Waals surface area contributed by atoms with Crippen LogP contribution in [0.25, 0.3) is 33.2 Å². The lowest BCUT2D eigenvalue weighted by Gasteiger charge is -2.39. The number of carbonyl (C=O) groups is 4. The van der Waals surface area contributed by atoms with E-state index in [0.717, 1.165) is 106 Å². The Morgan fingerprint density at radius 1 is 0.836 bits per heavy atom. The Bertz CT molecular complexity index is 2630. The Kier molecular flexibility index (Phi) is 12.0. The van der Waals surface area contributed by atoms with Crippen molar-refractivity contribution in [3.8, 4) is 28.1 Å². The van der Waals surface area contributed by atoms with Crippen molar-refractivity contribution < 1.29 is 38.1 Å². The fourth-order valence-electron chi connectivity index (χ4n) is 12.4. The molecule has 6 heterocycles. The Labute approximate surface area is 391 Å².